The van der Waals surface area contributed by atoms with Crippen molar-refractivity contribution in [2.75, 3.05) is 18.5 Å². The summed E-state index contributed by atoms with van der Waals surface area (Å²) in [5.41, 5.74) is 2.29. The summed E-state index contributed by atoms with van der Waals surface area (Å²) in [6.07, 6.45) is 1.44. The molecule has 1 N–H and O–H groups in total. The number of aromatic nitrogens is 2. The molecular formula is C22H17ClN4O3. The smallest absolute Gasteiger partial charge is 0.266 e. The lowest BCUT2D eigenvalue weighted by molar-refractivity contribution is -0.112. The molecule has 0 atom stereocenters. The Hall–Kier alpha value is -3.76. The number of aryl methyl sites for hydroxylation is 1. The molecule has 1 aliphatic rings. The Morgan fingerprint density at radius 2 is 1.93 bits per heavy atom. The molecule has 4 rings (SSSR count). The van der Waals surface area contributed by atoms with Gasteiger partial charge in [0.15, 0.2) is 11.5 Å². The molecule has 0 radical (unpaired) electrons. The van der Waals surface area contributed by atoms with E-state index in [9.17, 15) is 10.1 Å². The second-order valence-corrected chi connectivity index (χ2v) is 6.88. The Morgan fingerprint density at radius 1 is 1.20 bits per heavy atom. The van der Waals surface area contributed by atoms with Crippen LogP contribution < -0.4 is 14.8 Å². The van der Waals surface area contributed by atoms with Crippen LogP contribution in [0.3, 0.4) is 0 Å². The Bertz CT molecular complexity index is 1180. The van der Waals surface area contributed by atoms with Gasteiger partial charge >= 0.3 is 0 Å². The molecule has 8 heteroatoms. The highest BCUT2D eigenvalue weighted by atomic mass is 35.5. The van der Waals surface area contributed by atoms with Crippen LogP contribution in [-0.4, -0.2) is 28.9 Å². The lowest BCUT2D eigenvalue weighted by atomic mass is 10.1. The topological polar surface area (TPSA) is 89.2 Å². The van der Waals surface area contributed by atoms with Gasteiger partial charge in [-0.2, -0.15) is 10.4 Å². The molecule has 150 valence electrons. The first-order valence-electron chi connectivity index (χ1n) is 9.20. The van der Waals surface area contributed by atoms with Gasteiger partial charge in [0.25, 0.3) is 5.91 Å². The number of rotatable bonds is 4. The molecule has 2 aromatic carbocycles. The van der Waals surface area contributed by atoms with E-state index < -0.39 is 5.91 Å². The molecule has 0 spiro atoms. The molecular weight excluding hydrogens is 404 g/mol. The van der Waals surface area contributed by atoms with Crippen molar-refractivity contribution in [2.45, 2.75) is 6.92 Å². The van der Waals surface area contributed by atoms with Crippen molar-refractivity contribution in [3.8, 4) is 23.3 Å². The van der Waals surface area contributed by atoms with Gasteiger partial charge in [-0.05, 0) is 37.3 Å². The minimum Gasteiger partial charge on any atom is -0.486 e. The number of nitrogens with one attached hydrogen (secondary N) is 1. The van der Waals surface area contributed by atoms with E-state index in [2.05, 4.69) is 10.4 Å². The SMILES string of the molecule is Cc1nn(-c2ccccc2)c(Cl)c1/C=C(\C#N)C(=O)Nc1ccc2c(c1)OCCO2. The first-order chi connectivity index (χ1) is 14.6. The number of ether oxygens (including phenoxy) is 2. The van der Waals surface area contributed by atoms with Gasteiger partial charge in [-0.1, -0.05) is 29.8 Å². The van der Waals surface area contributed by atoms with E-state index in [0.717, 1.165) is 5.69 Å². The monoisotopic (exact) mass is 420 g/mol. The summed E-state index contributed by atoms with van der Waals surface area (Å²) in [4.78, 5) is 12.7. The Kier molecular flexibility index (Phi) is 5.42. The predicted molar refractivity (Wildman–Crippen MR) is 113 cm³/mol. The third kappa shape index (κ3) is 3.86. The minimum atomic E-state index is -0.558. The van der Waals surface area contributed by atoms with E-state index >= 15 is 0 Å². The molecule has 30 heavy (non-hydrogen) atoms. The highest BCUT2D eigenvalue weighted by molar-refractivity contribution is 6.31. The van der Waals surface area contributed by atoms with Crippen molar-refractivity contribution in [3.63, 3.8) is 0 Å². The van der Waals surface area contributed by atoms with Gasteiger partial charge in [-0.25, -0.2) is 4.68 Å². The number of carbonyl (C=O) groups is 1. The van der Waals surface area contributed by atoms with Crippen LogP contribution in [0.15, 0.2) is 54.1 Å². The van der Waals surface area contributed by atoms with E-state index in [1.807, 2.05) is 36.4 Å². The third-order valence-electron chi connectivity index (χ3n) is 4.50. The lowest BCUT2D eigenvalue weighted by Crippen LogP contribution is -2.17. The molecule has 1 aromatic heterocycles. The number of nitrogens with zero attached hydrogens (tertiary/aromatic N) is 3. The minimum absolute atomic E-state index is 0.0949. The zero-order chi connectivity index (χ0) is 21.1. The van der Waals surface area contributed by atoms with Crippen LogP contribution in [0.25, 0.3) is 11.8 Å². The largest absolute Gasteiger partial charge is 0.486 e. The summed E-state index contributed by atoms with van der Waals surface area (Å²) in [5, 5.41) is 17.0. The molecule has 3 aromatic rings. The van der Waals surface area contributed by atoms with Crippen molar-refractivity contribution in [1.82, 2.24) is 9.78 Å². The summed E-state index contributed by atoms with van der Waals surface area (Å²) in [6, 6.07) is 16.4. The second-order valence-electron chi connectivity index (χ2n) is 6.52. The van der Waals surface area contributed by atoms with Crippen molar-refractivity contribution in [2.24, 2.45) is 0 Å². The molecule has 1 amide bonds. The maximum Gasteiger partial charge on any atom is 0.266 e. The molecule has 0 saturated heterocycles. The van der Waals surface area contributed by atoms with E-state index in [1.54, 1.807) is 29.8 Å². The number of amides is 1. The predicted octanol–water partition coefficient (Wildman–Crippen LogP) is 4.15. The number of halogens is 1. The van der Waals surface area contributed by atoms with Gasteiger partial charge in [0.2, 0.25) is 0 Å². The standard InChI is InChI=1S/C22H17ClN4O3/c1-14-18(21(23)27(26-14)17-5-3-2-4-6-17)11-15(13-24)22(28)25-16-7-8-19-20(12-16)30-10-9-29-19/h2-8,11-12H,9-10H2,1H3,(H,25,28)/b15-11+. The maximum atomic E-state index is 12.7. The van der Waals surface area contributed by atoms with E-state index in [1.165, 1.54) is 6.08 Å². The number of nitriles is 1. The van der Waals surface area contributed by atoms with Crippen molar-refractivity contribution >= 4 is 29.3 Å². The number of benzene rings is 2. The highest BCUT2D eigenvalue weighted by Gasteiger charge is 2.18. The summed E-state index contributed by atoms with van der Waals surface area (Å²) in [7, 11) is 0. The van der Waals surface area contributed by atoms with Gasteiger partial charge in [0, 0.05) is 17.3 Å². The molecule has 0 saturated carbocycles. The number of anilines is 1. The van der Waals surface area contributed by atoms with Crippen molar-refractivity contribution in [1.29, 1.82) is 5.26 Å². The van der Waals surface area contributed by atoms with Crippen LogP contribution in [0, 0.1) is 18.3 Å². The number of hydrogen-bond acceptors (Lipinski definition) is 5. The normalized spacial score (nSPS) is 12.9. The average molecular weight is 421 g/mol. The summed E-state index contributed by atoms with van der Waals surface area (Å²) < 4.78 is 12.6. The van der Waals surface area contributed by atoms with Gasteiger partial charge in [-0.3, -0.25) is 4.79 Å². The number of fused-ring (bicyclic) bond motifs is 1. The number of carbonyl (C=O) groups excluding carboxylic acids is 1. The molecule has 0 aliphatic carbocycles. The number of para-hydroxylation sites is 1. The summed E-state index contributed by atoms with van der Waals surface area (Å²) >= 11 is 6.49. The molecule has 0 fully saturated rings. The number of hydrogen-bond donors (Lipinski definition) is 1. The van der Waals surface area contributed by atoms with Crippen molar-refractivity contribution < 1.29 is 14.3 Å². The Balaban J connectivity index is 1.60. The van der Waals surface area contributed by atoms with Crippen LogP contribution >= 0.6 is 11.6 Å². The maximum absolute atomic E-state index is 12.7. The molecule has 0 bridgehead atoms. The van der Waals surface area contributed by atoms with Gasteiger partial charge in [0.05, 0.1) is 11.4 Å². The van der Waals surface area contributed by atoms with Crippen molar-refractivity contribution in [3.05, 3.63) is 70.5 Å². The first kappa shape index (κ1) is 19.6. The molecule has 2 heterocycles. The summed E-state index contributed by atoms with van der Waals surface area (Å²) in [5.74, 6) is 0.604. The van der Waals surface area contributed by atoms with Crippen LogP contribution in [0.2, 0.25) is 5.15 Å². The zero-order valence-corrected chi connectivity index (χ0v) is 16.8. The zero-order valence-electron chi connectivity index (χ0n) is 16.1. The van der Waals surface area contributed by atoms with E-state index in [4.69, 9.17) is 21.1 Å². The van der Waals surface area contributed by atoms with E-state index in [0.29, 0.717) is 46.8 Å². The highest BCUT2D eigenvalue weighted by Crippen LogP contribution is 2.33. The van der Waals surface area contributed by atoms with Gasteiger partial charge in [-0.15, -0.1) is 0 Å². The fraction of sp³-hybridized carbons (Fsp3) is 0.136. The Morgan fingerprint density at radius 3 is 2.67 bits per heavy atom. The van der Waals surface area contributed by atoms with Crippen LogP contribution in [0.4, 0.5) is 5.69 Å². The van der Waals surface area contributed by atoms with E-state index in [-0.39, 0.29) is 5.57 Å². The Labute approximate surface area is 178 Å². The first-order valence-corrected chi connectivity index (χ1v) is 9.58. The lowest BCUT2D eigenvalue weighted by Gasteiger charge is -2.18. The third-order valence-corrected chi connectivity index (χ3v) is 4.87. The average Bonchev–Trinajstić information content (AvgIpc) is 3.05. The van der Waals surface area contributed by atoms with Gasteiger partial charge < -0.3 is 14.8 Å². The molecule has 1 aliphatic heterocycles. The van der Waals surface area contributed by atoms with Crippen LogP contribution in [0.1, 0.15) is 11.3 Å². The van der Waals surface area contributed by atoms with Gasteiger partial charge in [0.1, 0.15) is 30.0 Å². The fourth-order valence-electron chi connectivity index (χ4n) is 3.03. The molecule has 7 nitrogen and oxygen atoms in total. The second kappa shape index (κ2) is 8.31. The quantitative estimate of drug-likeness (QED) is 0.506. The summed E-state index contributed by atoms with van der Waals surface area (Å²) in [6.45, 7) is 2.69. The van der Waals surface area contributed by atoms with Crippen LogP contribution in [0.5, 0.6) is 11.5 Å². The molecule has 0 unspecified atom stereocenters. The fourth-order valence-corrected chi connectivity index (χ4v) is 3.35. The van der Waals surface area contributed by atoms with Crippen LogP contribution in [-0.2, 0) is 4.79 Å².